The van der Waals surface area contributed by atoms with Crippen LogP contribution in [0.15, 0.2) is 30.3 Å². The molecule has 1 saturated heterocycles. The monoisotopic (exact) mass is 235 g/mol. The highest BCUT2D eigenvalue weighted by Crippen LogP contribution is 2.22. The third kappa shape index (κ3) is 2.84. The maximum Gasteiger partial charge on any atom is 0.320 e. The molecule has 1 aliphatic heterocycles. The molecule has 0 bridgehead atoms. The molecule has 17 heavy (non-hydrogen) atoms. The van der Waals surface area contributed by atoms with Gasteiger partial charge in [-0.2, -0.15) is 0 Å². The van der Waals surface area contributed by atoms with Gasteiger partial charge in [-0.3, -0.25) is 9.69 Å². The third-order valence-electron chi connectivity index (χ3n) is 3.17. The lowest BCUT2D eigenvalue weighted by molar-refractivity contribution is -0.145. The lowest BCUT2D eigenvalue weighted by Gasteiger charge is -2.35. The summed E-state index contributed by atoms with van der Waals surface area (Å²) in [6.45, 7) is 3.61. The van der Waals surface area contributed by atoms with E-state index in [0.29, 0.717) is 19.7 Å². The second-order valence-corrected chi connectivity index (χ2v) is 4.28. The van der Waals surface area contributed by atoms with Gasteiger partial charge in [-0.15, -0.1) is 0 Å². The Balaban J connectivity index is 2.05. The topological polar surface area (TPSA) is 49.8 Å². The van der Waals surface area contributed by atoms with Gasteiger partial charge >= 0.3 is 5.97 Å². The Labute approximate surface area is 101 Å². The predicted octanol–water partition coefficient (Wildman–Crippen LogP) is 1.53. The van der Waals surface area contributed by atoms with Crippen molar-refractivity contribution in [1.82, 2.24) is 4.90 Å². The van der Waals surface area contributed by atoms with Crippen LogP contribution in [0.5, 0.6) is 0 Å². The van der Waals surface area contributed by atoms with Crippen LogP contribution < -0.4 is 0 Å². The van der Waals surface area contributed by atoms with E-state index in [4.69, 9.17) is 9.84 Å². The fourth-order valence-corrected chi connectivity index (χ4v) is 2.05. The number of carboxylic acids is 1. The minimum absolute atomic E-state index is 0.0215. The number of ether oxygens (including phenoxy) is 1. The van der Waals surface area contributed by atoms with Gasteiger partial charge in [0.05, 0.1) is 12.7 Å². The van der Waals surface area contributed by atoms with Crippen molar-refractivity contribution >= 4 is 5.97 Å². The first-order chi connectivity index (χ1) is 8.18. The Morgan fingerprint density at radius 3 is 2.82 bits per heavy atom. The molecule has 1 fully saturated rings. The number of rotatable bonds is 3. The Kier molecular flexibility index (Phi) is 3.76. The predicted molar refractivity (Wildman–Crippen MR) is 63.8 cm³/mol. The van der Waals surface area contributed by atoms with Crippen LogP contribution in [0.2, 0.25) is 0 Å². The van der Waals surface area contributed by atoms with Crippen molar-refractivity contribution in [2.45, 2.75) is 19.1 Å². The zero-order chi connectivity index (χ0) is 12.3. The van der Waals surface area contributed by atoms with E-state index in [2.05, 4.69) is 0 Å². The van der Waals surface area contributed by atoms with Crippen LogP contribution in [-0.4, -0.2) is 41.7 Å². The van der Waals surface area contributed by atoms with E-state index in [-0.39, 0.29) is 6.10 Å². The Morgan fingerprint density at radius 1 is 1.47 bits per heavy atom. The minimum Gasteiger partial charge on any atom is -0.480 e. The molecule has 0 aromatic heterocycles. The molecule has 0 saturated carbocycles. The number of benzene rings is 1. The van der Waals surface area contributed by atoms with Crippen molar-refractivity contribution in [3.8, 4) is 0 Å². The van der Waals surface area contributed by atoms with Crippen LogP contribution in [-0.2, 0) is 9.53 Å². The highest BCUT2D eigenvalue weighted by molar-refractivity contribution is 5.72. The van der Waals surface area contributed by atoms with Crippen molar-refractivity contribution in [2.75, 3.05) is 19.7 Å². The standard InChI is InChI=1S/C13H17NO3/c1-10(13(15)16)14-7-8-17-12(9-14)11-5-3-2-4-6-11/h2-6,10,12H,7-9H2,1H3,(H,15,16)/t10-,12-/m1/s1. The summed E-state index contributed by atoms with van der Waals surface area (Å²) in [5, 5.41) is 9.01. The number of aliphatic carboxylic acids is 1. The smallest absolute Gasteiger partial charge is 0.320 e. The molecule has 0 unspecified atom stereocenters. The molecular formula is C13H17NO3. The molecule has 4 heteroatoms. The van der Waals surface area contributed by atoms with Gasteiger partial charge in [-0.05, 0) is 12.5 Å². The summed E-state index contributed by atoms with van der Waals surface area (Å²) in [7, 11) is 0. The SMILES string of the molecule is C[C@H](C(=O)O)N1CCO[C@@H](c2ccccc2)C1. The summed E-state index contributed by atoms with van der Waals surface area (Å²) < 4.78 is 5.69. The summed E-state index contributed by atoms with van der Waals surface area (Å²) >= 11 is 0. The van der Waals surface area contributed by atoms with E-state index in [1.165, 1.54) is 0 Å². The van der Waals surface area contributed by atoms with E-state index >= 15 is 0 Å². The van der Waals surface area contributed by atoms with Gasteiger partial charge in [0.15, 0.2) is 0 Å². The van der Waals surface area contributed by atoms with Gasteiger partial charge in [0.2, 0.25) is 0 Å². The maximum atomic E-state index is 11.0. The molecular weight excluding hydrogens is 218 g/mol. The number of morpholine rings is 1. The fourth-order valence-electron chi connectivity index (χ4n) is 2.05. The van der Waals surface area contributed by atoms with Crippen molar-refractivity contribution in [3.05, 3.63) is 35.9 Å². The molecule has 0 radical (unpaired) electrons. The van der Waals surface area contributed by atoms with Crippen molar-refractivity contribution in [3.63, 3.8) is 0 Å². The minimum atomic E-state index is -0.779. The molecule has 1 aromatic carbocycles. The number of hydrogen-bond acceptors (Lipinski definition) is 3. The average molecular weight is 235 g/mol. The second kappa shape index (κ2) is 5.29. The molecule has 1 N–H and O–H groups in total. The number of carboxylic acid groups (broad SMARTS) is 1. The number of nitrogens with zero attached hydrogens (tertiary/aromatic N) is 1. The summed E-state index contributed by atoms with van der Waals surface area (Å²) in [4.78, 5) is 12.9. The maximum absolute atomic E-state index is 11.0. The molecule has 0 spiro atoms. The van der Waals surface area contributed by atoms with Gasteiger partial charge in [-0.1, -0.05) is 30.3 Å². The van der Waals surface area contributed by atoms with E-state index < -0.39 is 12.0 Å². The second-order valence-electron chi connectivity index (χ2n) is 4.28. The van der Waals surface area contributed by atoms with Crippen molar-refractivity contribution in [1.29, 1.82) is 0 Å². The fraction of sp³-hybridized carbons (Fsp3) is 0.462. The summed E-state index contributed by atoms with van der Waals surface area (Å²) in [6, 6.07) is 9.48. The molecule has 1 heterocycles. The highest BCUT2D eigenvalue weighted by Gasteiger charge is 2.28. The molecule has 1 aromatic rings. The van der Waals surface area contributed by atoms with E-state index in [1.807, 2.05) is 35.2 Å². The lowest BCUT2D eigenvalue weighted by Crippen LogP contribution is -2.46. The van der Waals surface area contributed by atoms with Crippen LogP contribution in [0.3, 0.4) is 0 Å². The summed E-state index contributed by atoms with van der Waals surface area (Å²) in [6.07, 6.45) is -0.0215. The zero-order valence-corrected chi connectivity index (χ0v) is 9.87. The van der Waals surface area contributed by atoms with Crippen LogP contribution in [0.1, 0.15) is 18.6 Å². The van der Waals surface area contributed by atoms with Crippen molar-refractivity contribution < 1.29 is 14.6 Å². The lowest BCUT2D eigenvalue weighted by atomic mass is 10.1. The number of hydrogen-bond donors (Lipinski definition) is 1. The van der Waals surface area contributed by atoms with Crippen LogP contribution in [0.25, 0.3) is 0 Å². The first-order valence-electron chi connectivity index (χ1n) is 5.82. The number of carbonyl (C=O) groups is 1. The average Bonchev–Trinajstić information content (AvgIpc) is 2.39. The largest absolute Gasteiger partial charge is 0.480 e. The third-order valence-corrected chi connectivity index (χ3v) is 3.17. The molecule has 92 valence electrons. The Morgan fingerprint density at radius 2 is 2.18 bits per heavy atom. The normalized spacial score (nSPS) is 23.2. The molecule has 0 amide bonds. The van der Waals surface area contributed by atoms with Crippen LogP contribution in [0, 0.1) is 0 Å². The van der Waals surface area contributed by atoms with Crippen LogP contribution >= 0.6 is 0 Å². The molecule has 2 atom stereocenters. The molecule has 4 nitrogen and oxygen atoms in total. The van der Waals surface area contributed by atoms with Gasteiger partial charge in [0, 0.05) is 13.1 Å². The van der Waals surface area contributed by atoms with E-state index in [1.54, 1.807) is 6.92 Å². The summed E-state index contributed by atoms with van der Waals surface area (Å²) in [5.41, 5.74) is 1.11. The van der Waals surface area contributed by atoms with Gasteiger partial charge in [-0.25, -0.2) is 0 Å². The molecule has 1 aliphatic rings. The Hall–Kier alpha value is -1.39. The van der Waals surface area contributed by atoms with Gasteiger partial charge in [0.25, 0.3) is 0 Å². The van der Waals surface area contributed by atoms with E-state index in [0.717, 1.165) is 5.56 Å². The van der Waals surface area contributed by atoms with Gasteiger partial charge in [0.1, 0.15) is 6.04 Å². The molecule has 2 rings (SSSR count). The first kappa shape index (κ1) is 12.1. The Bertz CT molecular complexity index is 380. The zero-order valence-electron chi connectivity index (χ0n) is 9.87. The van der Waals surface area contributed by atoms with E-state index in [9.17, 15) is 4.79 Å². The van der Waals surface area contributed by atoms with Gasteiger partial charge < -0.3 is 9.84 Å². The van der Waals surface area contributed by atoms with Crippen LogP contribution in [0.4, 0.5) is 0 Å². The first-order valence-corrected chi connectivity index (χ1v) is 5.82. The van der Waals surface area contributed by atoms with Crippen molar-refractivity contribution in [2.24, 2.45) is 0 Å². The highest BCUT2D eigenvalue weighted by atomic mass is 16.5. The summed E-state index contributed by atoms with van der Waals surface area (Å²) in [5.74, 6) is -0.779. The quantitative estimate of drug-likeness (QED) is 0.863. The molecule has 0 aliphatic carbocycles.